The van der Waals surface area contributed by atoms with Gasteiger partial charge < -0.3 is 9.64 Å². The smallest absolute Gasteiger partial charge is 0.410 e. The largest absolute Gasteiger partial charge is 0.444 e. The first-order chi connectivity index (χ1) is 9.57. The van der Waals surface area contributed by atoms with Crippen LogP contribution in [0.2, 0.25) is 0 Å². The van der Waals surface area contributed by atoms with E-state index in [1.807, 2.05) is 20.8 Å². The van der Waals surface area contributed by atoms with Gasteiger partial charge in [0.25, 0.3) is 10.1 Å². The fraction of sp³-hybridized carbons (Fsp3) is 0.923. The summed E-state index contributed by atoms with van der Waals surface area (Å²) >= 11 is 0. The summed E-state index contributed by atoms with van der Waals surface area (Å²) in [5, 5.41) is 0. The fourth-order valence-corrected chi connectivity index (χ4v) is 2.97. The molecule has 21 heavy (non-hydrogen) atoms. The van der Waals surface area contributed by atoms with E-state index < -0.39 is 15.7 Å². The van der Waals surface area contributed by atoms with E-state index in [4.69, 9.17) is 8.92 Å². The minimum atomic E-state index is -3.38. The van der Waals surface area contributed by atoms with Crippen molar-refractivity contribution in [2.75, 3.05) is 32.5 Å². The van der Waals surface area contributed by atoms with Crippen LogP contribution in [0, 0.1) is 0 Å². The third kappa shape index (κ3) is 4.82. The lowest BCUT2D eigenvalue weighted by Crippen LogP contribution is -2.50. The molecule has 1 aliphatic heterocycles. The number of amides is 1. The molecule has 2 atom stereocenters. The van der Waals surface area contributed by atoms with Crippen LogP contribution < -0.4 is 0 Å². The molecule has 2 rings (SSSR count). The van der Waals surface area contributed by atoms with Crippen molar-refractivity contribution in [1.29, 1.82) is 0 Å². The lowest BCUT2D eigenvalue weighted by molar-refractivity contribution is 0.0124. The summed E-state index contributed by atoms with van der Waals surface area (Å²) in [4.78, 5) is 16.0. The summed E-state index contributed by atoms with van der Waals surface area (Å²) < 4.78 is 32.0. The maximum Gasteiger partial charge on any atom is 0.410 e. The highest BCUT2D eigenvalue weighted by Crippen LogP contribution is 2.37. The van der Waals surface area contributed by atoms with Crippen molar-refractivity contribution in [3.63, 3.8) is 0 Å². The Morgan fingerprint density at radius 3 is 2.48 bits per heavy atom. The van der Waals surface area contributed by atoms with Crippen LogP contribution in [0.25, 0.3) is 0 Å². The van der Waals surface area contributed by atoms with Gasteiger partial charge >= 0.3 is 6.09 Å². The van der Waals surface area contributed by atoms with E-state index in [2.05, 4.69) is 4.90 Å². The number of nitrogens with zero attached hydrogens (tertiary/aromatic N) is 2. The molecule has 0 aromatic carbocycles. The topological polar surface area (TPSA) is 76.2 Å². The Labute approximate surface area is 126 Å². The number of piperazine rings is 1. The molecule has 1 aliphatic carbocycles. The molecule has 1 saturated carbocycles. The molecule has 122 valence electrons. The van der Waals surface area contributed by atoms with Gasteiger partial charge in [0.15, 0.2) is 0 Å². The Balaban J connectivity index is 1.79. The van der Waals surface area contributed by atoms with E-state index in [9.17, 15) is 13.2 Å². The zero-order valence-electron chi connectivity index (χ0n) is 13.0. The van der Waals surface area contributed by atoms with E-state index >= 15 is 0 Å². The van der Waals surface area contributed by atoms with Crippen molar-refractivity contribution < 1.29 is 22.1 Å². The normalized spacial score (nSPS) is 26.4. The molecule has 2 unspecified atom stereocenters. The van der Waals surface area contributed by atoms with Crippen molar-refractivity contribution in [1.82, 2.24) is 9.80 Å². The maximum absolute atomic E-state index is 12.1. The molecule has 0 spiro atoms. The molecule has 1 amide bonds. The van der Waals surface area contributed by atoms with Gasteiger partial charge in [-0.05, 0) is 27.2 Å². The number of carbonyl (C=O) groups excluding carboxylic acids is 1. The first-order valence-electron chi connectivity index (χ1n) is 7.15. The van der Waals surface area contributed by atoms with Crippen molar-refractivity contribution in [3.05, 3.63) is 0 Å². The van der Waals surface area contributed by atoms with E-state index in [0.29, 0.717) is 25.7 Å². The minimum absolute atomic E-state index is 0.161. The fourth-order valence-electron chi connectivity index (χ4n) is 2.59. The van der Waals surface area contributed by atoms with Gasteiger partial charge in [-0.2, -0.15) is 8.42 Å². The van der Waals surface area contributed by atoms with Gasteiger partial charge in [0.05, 0.1) is 18.9 Å². The summed E-state index contributed by atoms with van der Waals surface area (Å²) in [6, 6.07) is 0.487. The highest BCUT2D eigenvalue weighted by atomic mass is 32.2. The van der Waals surface area contributed by atoms with Gasteiger partial charge in [0.2, 0.25) is 0 Å². The molecule has 1 saturated heterocycles. The number of hydrogen-bond donors (Lipinski definition) is 0. The summed E-state index contributed by atoms with van der Waals surface area (Å²) in [5.74, 6) is 0. The van der Waals surface area contributed by atoms with E-state index in [-0.39, 0.29) is 18.7 Å². The first-order valence-corrected chi connectivity index (χ1v) is 8.96. The number of ether oxygens (including phenoxy) is 1. The first kappa shape index (κ1) is 16.5. The molecule has 0 bridgehead atoms. The molecule has 0 radical (unpaired) electrons. The monoisotopic (exact) mass is 320 g/mol. The molecule has 0 aromatic rings. The number of hydrogen-bond acceptors (Lipinski definition) is 6. The van der Waals surface area contributed by atoms with Crippen molar-refractivity contribution >= 4 is 16.2 Å². The molecule has 7 nitrogen and oxygen atoms in total. The Kier molecular flexibility index (Phi) is 4.51. The average Bonchev–Trinajstić information content (AvgIpc) is 3.04. The average molecular weight is 320 g/mol. The quantitative estimate of drug-likeness (QED) is 0.708. The molecule has 8 heteroatoms. The summed E-state index contributed by atoms with van der Waals surface area (Å²) in [5.41, 5.74) is -0.484. The van der Waals surface area contributed by atoms with Crippen LogP contribution in [0.3, 0.4) is 0 Å². The third-order valence-electron chi connectivity index (χ3n) is 3.53. The van der Waals surface area contributed by atoms with Gasteiger partial charge in [-0.15, -0.1) is 0 Å². The van der Waals surface area contributed by atoms with Crippen LogP contribution in [-0.2, 0) is 19.0 Å². The molecule has 0 N–H and O–H groups in total. The van der Waals surface area contributed by atoms with Crippen LogP contribution in [0.4, 0.5) is 4.79 Å². The second kappa shape index (κ2) is 5.73. The predicted octanol–water partition coefficient (Wildman–Crippen LogP) is 0.656. The van der Waals surface area contributed by atoms with Gasteiger partial charge in [0, 0.05) is 25.7 Å². The van der Waals surface area contributed by atoms with Gasteiger partial charge in [-0.3, -0.25) is 9.08 Å². The SMILES string of the molecule is CC(C)(C)OC(=O)N1CCN(CCOS(C)(=O)=O)C2CC21. The lowest BCUT2D eigenvalue weighted by atomic mass is 10.2. The number of carbonyl (C=O) groups is 1. The molecule has 0 aromatic heterocycles. The van der Waals surface area contributed by atoms with Gasteiger partial charge in [-0.25, -0.2) is 4.79 Å². The lowest BCUT2D eigenvalue weighted by Gasteiger charge is -2.35. The highest BCUT2D eigenvalue weighted by Gasteiger charge is 2.51. The standard InChI is InChI=1S/C13H24N2O5S/c1-13(2,3)20-12(16)15-6-5-14(10-9-11(10)15)7-8-19-21(4,17)18/h10-11H,5-9H2,1-4H3. The predicted molar refractivity (Wildman–Crippen MR) is 77.5 cm³/mol. The number of fused-ring (bicyclic) bond motifs is 1. The Hall–Kier alpha value is -0.860. The Bertz CT molecular complexity index is 499. The van der Waals surface area contributed by atoms with E-state index in [1.165, 1.54) is 0 Å². The summed E-state index contributed by atoms with van der Waals surface area (Å²) in [6.07, 6.45) is 1.70. The van der Waals surface area contributed by atoms with Crippen molar-refractivity contribution in [2.45, 2.75) is 44.9 Å². The second-order valence-corrected chi connectivity index (χ2v) is 8.25. The zero-order valence-corrected chi connectivity index (χ0v) is 13.9. The van der Waals surface area contributed by atoms with E-state index in [0.717, 1.165) is 12.7 Å². The van der Waals surface area contributed by atoms with Crippen LogP contribution in [0.15, 0.2) is 0 Å². The van der Waals surface area contributed by atoms with Crippen LogP contribution in [0.1, 0.15) is 27.2 Å². The molecule has 1 heterocycles. The Morgan fingerprint density at radius 2 is 1.90 bits per heavy atom. The number of rotatable bonds is 4. The van der Waals surface area contributed by atoms with Crippen molar-refractivity contribution in [3.8, 4) is 0 Å². The molecule has 2 aliphatic rings. The molecule has 2 fully saturated rings. The molecular weight excluding hydrogens is 296 g/mol. The van der Waals surface area contributed by atoms with Crippen LogP contribution in [-0.4, -0.2) is 74.5 Å². The van der Waals surface area contributed by atoms with Crippen LogP contribution >= 0.6 is 0 Å². The highest BCUT2D eigenvalue weighted by molar-refractivity contribution is 7.85. The van der Waals surface area contributed by atoms with Crippen molar-refractivity contribution in [2.24, 2.45) is 0 Å². The van der Waals surface area contributed by atoms with E-state index in [1.54, 1.807) is 4.90 Å². The van der Waals surface area contributed by atoms with Gasteiger partial charge in [0.1, 0.15) is 5.60 Å². The Morgan fingerprint density at radius 1 is 1.24 bits per heavy atom. The zero-order chi connectivity index (χ0) is 15.8. The minimum Gasteiger partial charge on any atom is -0.444 e. The molecular formula is C13H24N2O5S. The summed E-state index contributed by atoms with van der Waals surface area (Å²) in [6.45, 7) is 7.61. The van der Waals surface area contributed by atoms with Gasteiger partial charge in [-0.1, -0.05) is 0 Å². The second-order valence-electron chi connectivity index (χ2n) is 6.61. The third-order valence-corrected chi connectivity index (χ3v) is 4.12. The summed E-state index contributed by atoms with van der Waals surface area (Å²) in [7, 11) is -3.38. The maximum atomic E-state index is 12.1. The van der Waals surface area contributed by atoms with Crippen LogP contribution in [0.5, 0.6) is 0 Å².